The van der Waals surface area contributed by atoms with Crippen molar-refractivity contribution < 1.29 is 42.9 Å². The van der Waals surface area contributed by atoms with Crippen LogP contribution in [0.15, 0.2) is 48.6 Å². The average Bonchev–Trinajstić information content (AvgIpc) is 3.57. The van der Waals surface area contributed by atoms with E-state index >= 15 is 0 Å². The Morgan fingerprint density at radius 1 is 0.345 bits per heavy atom. The van der Waals surface area contributed by atoms with Crippen molar-refractivity contribution in [1.82, 2.24) is 0 Å². The van der Waals surface area contributed by atoms with Crippen LogP contribution in [0.25, 0.3) is 0 Å². The number of rotatable bonds is 71. The molecule has 0 radical (unpaired) electrons. The molecular formula is C78H145NO8. The Labute approximate surface area is 540 Å². The Hall–Kier alpha value is -2.75. The number of likely N-dealkylation sites (N-methyl/N-ethyl adjacent to an activating group) is 1. The van der Waals surface area contributed by atoms with Crippen molar-refractivity contribution in [3.63, 3.8) is 0 Å². The Kier molecular flexibility index (Phi) is 67.0. The predicted octanol–water partition coefficient (Wildman–Crippen LogP) is 22.4. The number of ether oxygens (including phenoxy) is 4. The topological polar surface area (TPSA) is 111 Å². The first-order valence-corrected chi connectivity index (χ1v) is 37.8. The second-order valence-corrected chi connectivity index (χ2v) is 26.9. The van der Waals surface area contributed by atoms with Gasteiger partial charge in [0.05, 0.1) is 40.3 Å². The van der Waals surface area contributed by atoms with Crippen LogP contribution in [0.5, 0.6) is 0 Å². The van der Waals surface area contributed by atoms with Gasteiger partial charge in [0, 0.05) is 12.8 Å². The van der Waals surface area contributed by atoms with Crippen LogP contribution in [0, 0.1) is 0 Å². The number of hydrogen-bond donors (Lipinski definition) is 0. The van der Waals surface area contributed by atoms with E-state index in [-0.39, 0.29) is 32.2 Å². The highest BCUT2D eigenvalue weighted by Crippen LogP contribution is 2.19. The summed E-state index contributed by atoms with van der Waals surface area (Å²) >= 11 is 0. The molecule has 0 N–H and O–H groups in total. The molecule has 0 aliphatic heterocycles. The van der Waals surface area contributed by atoms with E-state index in [0.29, 0.717) is 23.9 Å². The molecule has 0 aliphatic rings. The number of allylic oxidation sites excluding steroid dienone is 8. The molecule has 0 saturated heterocycles. The Morgan fingerprint density at radius 3 is 0.931 bits per heavy atom. The first kappa shape index (κ1) is 84.2. The lowest BCUT2D eigenvalue weighted by Gasteiger charge is -2.26. The number of carbonyl (C=O) groups is 3. The first-order valence-electron chi connectivity index (χ1n) is 37.8. The summed E-state index contributed by atoms with van der Waals surface area (Å²) < 4.78 is 22.9. The molecule has 0 amide bonds. The van der Waals surface area contributed by atoms with E-state index in [0.717, 1.165) is 44.9 Å². The SMILES string of the molecule is CCCCCCC/C=C\C/C=C\C/C=C\CCCCCCCCCCCCCCCCC(=O)OC(COC(=O)CCCCCCCCCCCCCCCCCCCCCCC/C=C\CCCCCCCCCC)COC(OCC[N+](C)(C)C)C(=O)[O-]. The molecule has 0 aromatic carbocycles. The average molecular weight is 1230 g/mol. The summed E-state index contributed by atoms with van der Waals surface area (Å²) in [4.78, 5) is 37.5. The third-order valence-electron chi connectivity index (χ3n) is 17.0. The highest BCUT2D eigenvalue weighted by atomic mass is 16.7. The Morgan fingerprint density at radius 2 is 0.621 bits per heavy atom. The van der Waals surface area contributed by atoms with Gasteiger partial charge in [-0.3, -0.25) is 9.59 Å². The lowest BCUT2D eigenvalue weighted by molar-refractivity contribution is -0.870. The summed E-state index contributed by atoms with van der Waals surface area (Å²) in [5.41, 5.74) is 0. The molecule has 9 heteroatoms. The molecule has 9 nitrogen and oxygen atoms in total. The number of unbranched alkanes of at least 4 members (excludes halogenated alkanes) is 48. The van der Waals surface area contributed by atoms with Gasteiger partial charge in [0.15, 0.2) is 12.4 Å². The van der Waals surface area contributed by atoms with Crippen LogP contribution in [-0.2, 0) is 33.3 Å². The highest BCUT2D eigenvalue weighted by Gasteiger charge is 2.22. The lowest BCUT2D eigenvalue weighted by atomic mass is 10.0. The molecule has 510 valence electrons. The van der Waals surface area contributed by atoms with E-state index in [1.807, 2.05) is 21.1 Å². The molecule has 2 atom stereocenters. The molecule has 0 aromatic rings. The van der Waals surface area contributed by atoms with Gasteiger partial charge in [-0.25, -0.2) is 0 Å². The first-order chi connectivity index (χ1) is 42.6. The minimum Gasteiger partial charge on any atom is -0.545 e. The normalized spacial score (nSPS) is 12.9. The van der Waals surface area contributed by atoms with Crippen molar-refractivity contribution in [2.75, 3.05) is 47.5 Å². The van der Waals surface area contributed by atoms with Crippen LogP contribution < -0.4 is 5.11 Å². The van der Waals surface area contributed by atoms with Crippen molar-refractivity contribution in [2.24, 2.45) is 0 Å². The van der Waals surface area contributed by atoms with E-state index < -0.39 is 24.3 Å². The molecule has 0 bridgehead atoms. The van der Waals surface area contributed by atoms with E-state index in [1.165, 1.54) is 295 Å². The third kappa shape index (κ3) is 70.6. The van der Waals surface area contributed by atoms with E-state index in [9.17, 15) is 19.5 Å². The standard InChI is InChI=1S/C78H145NO8/c1-6-8-10-12-14-16-18-20-22-24-26-28-30-32-34-36-37-38-39-41-42-44-46-48-50-52-54-56-58-60-62-64-66-68-75(80)85-72-74(73-86-78(77(82)83)84-71-70-79(3,4)5)87-76(81)69-67-65-63-61-59-57-55-53-51-49-47-45-43-40-35-33-31-29-27-25-23-21-19-17-15-13-11-9-7-2/h19,21,24-27,31,33,74,78H,6-18,20,22-23,28-30,32,34-73H2,1-5H3/b21-19-,26-24-,27-25-,33-31-. The molecule has 0 aromatic heterocycles. The monoisotopic (exact) mass is 1220 g/mol. The molecule has 0 aliphatic carbocycles. The van der Waals surface area contributed by atoms with Crippen LogP contribution >= 0.6 is 0 Å². The summed E-state index contributed by atoms with van der Waals surface area (Å²) in [6.07, 6.45) is 86.4. The molecule has 2 unspecified atom stereocenters. The van der Waals surface area contributed by atoms with Crippen LogP contribution in [0.2, 0.25) is 0 Å². The van der Waals surface area contributed by atoms with E-state index in [4.69, 9.17) is 18.9 Å². The maximum Gasteiger partial charge on any atom is 0.306 e. The van der Waals surface area contributed by atoms with Crippen molar-refractivity contribution in [3.05, 3.63) is 48.6 Å². The number of quaternary nitrogens is 1. The highest BCUT2D eigenvalue weighted by molar-refractivity contribution is 5.70. The lowest BCUT2D eigenvalue weighted by Crippen LogP contribution is -2.44. The van der Waals surface area contributed by atoms with Crippen molar-refractivity contribution in [2.45, 2.75) is 386 Å². The number of esters is 2. The van der Waals surface area contributed by atoms with Crippen LogP contribution in [0.1, 0.15) is 373 Å². The van der Waals surface area contributed by atoms with Crippen molar-refractivity contribution in [1.29, 1.82) is 0 Å². The number of nitrogens with zero attached hydrogens (tertiary/aromatic N) is 1. The molecule has 0 spiro atoms. The van der Waals surface area contributed by atoms with Gasteiger partial charge in [-0.15, -0.1) is 0 Å². The minimum atomic E-state index is -1.62. The van der Waals surface area contributed by atoms with Gasteiger partial charge in [-0.2, -0.15) is 0 Å². The predicted molar refractivity (Wildman–Crippen MR) is 371 cm³/mol. The van der Waals surface area contributed by atoms with Gasteiger partial charge in [-0.05, 0) is 77.0 Å². The van der Waals surface area contributed by atoms with Crippen molar-refractivity contribution >= 4 is 17.9 Å². The van der Waals surface area contributed by atoms with Gasteiger partial charge in [0.2, 0.25) is 0 Å². The van der Waals surface area contributed by atoms with E-state index in [2.05, 4.69) is 62.5 Å². The third-order valence-corrected chi connectivity index (χ3v) is 17.0. The second kappa shape index (κ2) is 69.1. The number of hydrogen-bond acceptors (Lipinski definition) is 8. The Bertz CT molecular complexity index is 1570. The summed E-state index contributed by atoms with van der Waals surface area (Å²) in [5, 5.41) is 11.8. The maximum absolute atomic E-state index is 12.9. The number of carbonyl (C=O) groups excluding carboxylic acids is 3. The fourth-order valence-corrected chi connectivity index (χ4v) is 11.2. The van der Waals surface area contributed by atoms with Crippen LogP contribution in [0.3, 0.4) is 0 Å². The van der Waals surface area contributed by atoms with Gasteiger partial charge in [0.1, 0.15) is 13.2 Å². The van der Waals surface area contributed by atoms with Crippen LogP contribution in [0.4, 0.5) is 0 Å². The van der Waals surface area contributed by atoms with Gasteiger partial charge >= 0.3 is 11.9 Å². The second-order valence-electron chi connectivity index (χ2n) is 26.9. The van der Waals surface area contributed by atoms with Gasteiger partial charge < -0.3 is 33.3 Å². The van der Waals surface area contributed by atoms with Gasteiger partial charge in [-0.1, -0.05) is 332 Å². The summed E-state index contributed by atoms with van der Waals surface area (Å²) in [5.74, 6) is -2.26. The Balaban J connectivity index is 4.03. The fraction of sp³-hybridized carbons (Fsp3) is 0.859. The molecule has 87 heavy (non-hydrogen) atoms. The summed E-state index contributed by atoms with van der Waals surface area (Å²) in [7, 11) is 5.94. The molecule has 0 heterocycles. The summed E-state index contributed by atoms with van der Waals surface area (Å²) in [6.45, 7) is 4.80. The zero-order valence-electron chi connectivity index (χ0n) is 58.4. The largest absolute Gasteiger partial charge is 0.545 e. The number of carboxylic acids is 1. The van der Waals surface area contributed by atoms with Crippen molar-refractivity contribution in [3.8, 4) is 0 Å². The summed E-state index contributed by atoms with van der Waals surface area (Å²) in [6, 6.07) is 0. The zero-order chi connectivity index (χ0) is 63.3. The van der Waals surface area contributed by atoms with E-state index in [1.54, 1.807) is 0 Å². The quantitative estimate of drug-likeness (QED) is 0.0195. The molecule has 0 rings (SSSR count). The number of carboxylic acid groups (broad SMARTS) is 1. The maximum atomic E-state index is 12.9. The molecular weight excluding hydrogens is 1080 g/mol. The molecule has 0 saturated carbocycles. The fourth-order valence-electron chi connectivity index (χ4n) is 11.2. The van der Waals surface area contributed by atoms with Gasteiger partial charge in [0.25, 0.3) is 0 Å². The number of aliphatic carboxylic acids is 1. The zero-order valence-corrected chi connectivity index (χ0v) is 58.4. The van der Waals surface area contributed by atoms with Crippen LogP contribution in [-0.4, -0.2) is 82.3 Å². The minimum absolute atomic E-state index is 0.149. The molecule has 0 fully saturated rings. The smallest absolute Gasteiger partial charge is 0.306 e.